The maximum absolute atomic E-state index is 5.16. The van der Waals surface area contributed by atoms with Gasteiger partial charge in [0.05, 0.1) is 0 Å². The molecular formula is C14H30N2O. The van der Waals surface area contributed by atoms with Crippen molar-refractivity contribution in [2.45, 2.75) is 52.6 Å². The Hall–Kier alpha value is -0.120. The zero-order chi connectivity index (χ0) is 12.9. The molecule has 1 rings (SSSR count). The van der Waals surface area contributed by atoms with Crippen molar-refractivity contribution in [2.75, 3.05) is 33.4 Å². The Bertz CT molecular complexity index is 213. The number of rotatable bonds is 5. The second-order valence-corrected chi connectivity index (χ2v) is 6.24. The van der Waals surface area contributed by atoms with Gasteiger partial charge in [0.1, 0.15) is 0 Å². The van der Waals surface area contributed by atoms with Crippen molar-refractivity contribution >= 4 is 0 Å². The molecule has 3 heteroatoms. The van der Waals surface area contributed by atoms with E-state index in [1.807, 2.05) is 0 Å². The van der Waals surface area contributed by atoms with Crippen LogP contribution >= 0.6 is 0 Å². The third-order valence-corrected chi connectivity index (χ3v) is 3.78. The van der Waals surface area contributed by atoms with Gasteiger partial charge >= 0.3 is 0 Å². The normalized spacial score (nSPS) is 27.4. The molecule has 3 nitrogen and oxygen atoms in total. The lowest BCUT2D eigenvalue weighted by Crippen LogP contribution is -2.60. The summed E-state index contributed by atoms with van der Waals surface area (Å²) in [4.78, 5) is 2.66. The Morgan fingerprint density at radius 3 is 2.59 bits per heavy atom. The smallest absolute Gasteiger partial charge is 0.0474 e. The molecule has 0 aromatic carbocycles. The van der Waals surface area contributed by atoms with Crippen molar-refractivity contribution in [3.63, 3.8) is 0 Å². The molecule has 102 valence electrons. The van der Waals surface area contributed by atoms with Gasteiger partial charge in [-0.25, -0.2) is 0 Å². The molecule has 2 unspecified atom stereocenters. The lowest BCUT2D eigenvalue weighted by Gasteiger charge is -2.46. The van der Waals surface area contributed by atoms with Crippen molar-refractivity contribution in [1.29, 1.82) is 0 Å². The number of nitrogens with zero attached hydrogens (tertiary/aromatic N) is 1. The van der Waals surface area contributed by atoms with Crippen LogP contribution in [0.15, 0.2) is 0 Å². The van der Waals surface area contributed by atoms with Gasteiger partial charge in [-0.05, 0) is 18.3 Å². The molecule has 0 spiro atoms. The first kappa shape index (κ1) is 14.9. The predicted molar refractivity (Wildman–Crippen MR) is 73.4 cm³/mol. The first-order chi connectivity index (χ1) is 7.99. The fourth-order valence-electron chi connectivity index (χ4n) is 2.67. The summed E-state index contributed by atoms with van der Waals surface area (Å²) < 4.78 is 5.16. The maximum atomic E-state index is 5.16. The molecule has 0 saturated carbocycles. The summed E-state index contributed by atoms with van der Waals surface area (Å²) in [6, 6.07) is 1.30. The average molecular weight is 242 g/mol. The number of hydrogen-bond acceptors (Lipinski definition) is 3. The molecule has 1 fully saturated rings. The van der Waals surface area contributed by atoms with Gasteiger partial charge in [0.2, 0.25) is 0 Å². The van der Waals surface area contributed by atoms with Gasteiger partial charge < -0.3 is 10.1 Å². The van der Waals surface area contributed by atoms with Crippen molar-refractivity contribution in [1.82, 2.24) is 10.2 Å². The fourth-order valence-corrected chi connectivity index (χ4v) is 2.67. The second kappa shape index (κ2) is 6.72. The molecule has 0 aromatic heterocycles. The number of methoxy groups -OCH3 is 1. The summed E-state index contributed by atoms with van der Waals surface area (Å²) in [7, 11) is 1.79. The van der Waals surface area contributed by atoms with E-state index in [9.17, 15) is 0 Å². The van der Waals surface area contributed by atoms with Crippen LogP contribution in [-0.2, 0) is 4.74 Å². The van der Waals surface area contributed by atoms with E-state index >= 15 is 0 Å². The minimum atomic E-state index is 0.346. The highest BCUT2D eigenvalue weighted by Crippen LogP contribution is 2.26. The van der Waals surface area contributed by atoms with Crippen LogP contribution in [0, 0.1) is 5.41 Å². The van der Waals surface area contributed by atoms with Crippen molar-refractivity contribution < 1.29 is 4.74 Å². The molecule has 1 aliphatic rings. The summed E-state index contributed by atoms with van der Waals surface area (Å²) >= 11 is 0. The van der Waals surface area contributed by atoms with Crippen LogP contribution < -0.4 is 5.32 Å². The van der Waals surface area contributed by atoms with Crippen LogP contribution in [0.4, 0.5) is 0 Å². The topological polar surface area (TPSA) is 24.5 Å². The Morgan fingerprint density at radius 2 is 2.06 bits per heavy atom. The highest BCUT2D eigenvalue weighted by Gasteiger charge is 2.34. The van der Waals surface area contributed by atoms with E-state index in [-0.39, 0.29) is 0 Å². The molecule has 2 atom stereocenters. The van der Waals surface area contributed by atoms with Crippen LogP contribution in [0.5, 0.6) is 0 Å². The van der Waals surface area contributed by atoms with E-state index in [2.05, 4.69) is 37.9 Å². The highest BCUT2D eigenvalue weighted by atomic mass is 16.5. The van der Waals surface area contributed by atoms with E-state index in [0.29, 0.717) is 17.5 Å². The van der Waals surface area contributed by atoms with Gasteiger partial charge in [-0.1, -0.05) is 27.7 Å². The second-order valence-electron chi connectivity index (χ2n) is 6.24. The fraction of sp³-hybridized carbons (Fsp3) is 1.00. The first-order valence-corrected chi connectivity index (χ1v) is 6.95. The molecule has 1 heterocycles. The molecule has 0 bridgehead atoms. The third kappa shape index (κ3) is 4.57. The van der Waals surface area contributed by atoms with E-state index in [4.69, 9.17) is 4.74 Å². The number of hydrogen-bond donors (Lipinski definition) is 1. The predicted octanol–water partition coefficient (Wildman–Crippen LogP) is 2.12. The van der Waals surface area contributed by atoms with Crippen LogP contribution in [-0.4, -0.2) is 50.3 Å². The summed E-state index contributed by atoms with van der Waals surface area (Å²) in [5.74, 6) is 0. The first-order valence-electron chi connectivity index (χ1n) is 6.95. The van der Waals surface area contributed by atoms with Crippen molar-refractivity contribution in [3.8, 4) is 0 Å². The molecule has 0 amide bonds. The summed E-state index contributed by atoms with van der Waals surface area (Å²) in [6.07, 6.45) is 2.36. The lowest BCUT2D eigenvalue weighted by atomic mass is 9.83. The minimum Gasteiger partial charge on any atom is -0.385 e. The number of piperazine rings is 1. The monoisotopic (exact) mass is 242 g/mol. The SMILES string of the molecule is CCC1CN(CCCOC)C(C(C)(C)C)CN1. The highest BCUT2D eigenvalue weighted by molar-refractivity contribution is 4.91. The maximum Gasteiger partial charge on any atom is 0.0474 e. The van der Waals surface area contributed by atoms with Crippen LogP contribution in [0.3, 0.4) is 0 Å². The quantitative estimate of drug-likeness (QED) is 0.747. The van der Waals surface area contributed by atoms with Crippen molar-refractivity contribution in [3.05, 3.63) is 0 Å². The van der Waals surface area contributed by atoms with Gasteiger partial charge in [-0.15, -0.1) is 0 Å². The molecule has 0 aliphatic carbocycles. The Morgan fingerprint density at radius 1 is 1.35 bits per heavy atom. The van der Waals surface area contributed by atoms with Crippen LogP contribution in [0.25, 0.3) is 0 Å². The van der Waals surface area contributed by atoms with Gasteiger partial charge in [-0.2, -0.15) is 0 Å². The number of nitrogens with one attached hydrogen (secondary N) is 1. The van der Waals surface area contributed by atoms with E-state index < -0.39 is 0 Å². The van der Waals surface area contributed by atoms with Gasteiger partial charge in [-0.3, -0.25) is 4.90 Å². The third-order valence-electron chi connectivity index (χ3n) is 3.78. The summed E-state index contributed by atoms with van der Waals surface area (Å²) in [6.45, 7) is 13.6. The Kier molecular flexibility index (Phi) is 5.90. The molecule has 1 saturated heterocycles. The molecule has 0 aromatic rings. The van der Waals surface area contributed by atoms with Crippen LogP contribution in [0.2, 0.25) is 0 Å². The standard InChI is InChI=1S/C14H30N2O/c1-6-12-11-16(8-7-9-17-5)13(10-15-12)14(2,3)4/h12-13,15H,6-11H2,1-5H3. The van der Waals surface area contributed by atoms with Crippen molar-refractivity contribution in [2.24, 2.45) is 5.41 Å². The van der Waals surface area contributed by atoms with Gasteiger partial charge in [0.25, 0.3) is 0 Å². The van der Waals surface area contributed by atoms with Crippen LogP contribution in [0.1, 0.15) is 40.5 Å². The molecule has 1 N–H and O–H groups in total. The van der Waals surface area contributed by atoms with Gasteiger partial charge in [0, 0.05) is 45.4 Å². The lowest BCUT2D eigenvalue weighted by molar-refractivity contribution is 0.0473. The van der Waals surface area contributed by atoms with E-state index in [1.54, 1.807) is 7.11 Å². The van der Waals surface area contributed by atoms with E-state index in [1.165, 1.54) is 13.0 Å². The van der Waals surface area contributed by atoms with Gasteiger partial charge in [0.15, 0.2) is 0 Å². The zero-order valence-corrected chi connectivity index (χ0v) is 12.3. The average Bonchev–Trinajstić information content (AvgIpc) is 2.28. The molecular weight excluding hydrogens is 212 g/mol. The minimum absolute atomic E-state index is 0.346. The summed E-state index contributed by atoms with van der Waals surface area (Å²) in [5.41, 5.74) is 0.346. The molecule has 17 heavy (non-hydrogen) atoms. The molecule has 0 radical (unpaired) electrons. The Labute approximate surface area is 107 Å². The molecule has 1 aliphatic heterocycles. The van der Waals surface area contributed by atoms with E-state index in [0.717, 1.165) is 26.1 Å². The largest absolute Gasteiger partial charge is 0.385 e. The zero-order valence-electron chi connectivity index (χ0n) is 12.3. The number of ether oxygens (including phenoxy) is 1. The Balaban J connectivity index is 2.55. The summed E-state index contributed by atoms with van der Waals surface area (Å²) in [5, 5.41) is 3.67.